The molecule has 3 rings (SSSR count). The molecule has 0 aliphatic carbocycles. The van der Waals surface area contributed by atoms with Crippen LogP contribution in [0, 0.1) is 5.82 Å². The summed E-state index contributed by atoms with van der Waals surface area (Å²) in [6.07, 6.45) is 0.389. The summed E-state index contributed by atoms with van der Waals surface area (Å²) in [6.45, 7) is 8.44. The minimum Gasteiger partial charge on any atom is -0.391 e. The van der Waals surface area contributed by atoms with Crippen LogP contribution in [0.4, 0.5) is 4.39 Å². The number of halogens is 1. The second-order valence-corrected chi connectivity index (χ2v) is 7.03. The standard InChI is InChI=1S/C19H28FN3O2/c1-2-21-8-10-22(11-9-21)7-6-19(25)23-14-17(24)13-18(23)15-4-3-5-16(20)12-15/h3-5,12,17-18,24H,2,6-11,13-14H2,1H3/t17-,18+/m0/s1. The molecule has 25 heavy (non-hydrogen) atoms. The highest BCUT2D eigenvalue weighted by molar-refractivity contribution is 5.77. The first-order valence-electron chi connectivity index (χ1n) is 9.24. The molecule has 0 bridgehead atoms. The molecule has 0 radical (unpaired) electrons. The normalized spacial score (nSPS) is 25.5. The van der Waals surface area contributed by atoms with E-state index in [9.17, 15) is 14.3 Å². The van der Waals surface area contributed by atoms with Crippen LogP contribution in [-0.2, 0) is 4.79 Å². The molecule has 1 aromatic rings. The van der Waals surface area contributed by atoms with Crippen molar-refractivity contribution >= 4 is 5.91 Å². The monoisotopic (exact) mass is 349 g/mol. The van der Waals surface area contributed by atoms with E-state index in [1.165, 1.54) is 12.1 Å². The van der Waals surface area contributed by atoms with Crippen molar-refractivity contribution in [3.63, 3.8) is 0 Å². The number of likely N-dealkylation sites (tertiary alicyclic amines) is 1. The molecule has 5 nitrogen and oxygen atoms in total. The number of nitrogens with zero attached hydrogens (tertiary/aromatic N) is 3. The highest BCUT2D eigenvalue weighted by Crippen LogP contribution is 2.33. The lowest BCUT2D eigenvalue weighted by molar-refractivity contribution is -0.132. The number of hydrogen-bond donors (Lipinski definition) is 1. The van der Waals surface area contributed by atoms with E-state index in [1.807, 2.05) is 6.07 Å². The number of piperazine rings is 1. The van der Waals surface area contributed by atoms with Crippen LogP contribution in [0.1, 0.15) is 31.4 Å². The number of aliphatic hydroxyl groups excluding tert-OH is 1. The van der Waals surface area contributed by atoms with Crippen LogP contribution in [0.15, 0.2) is 24.3 Å². The second kappa shape index (κ2) is 8.25. The maximum Gasteiger partial charge on any atom is 0.224 e. The number of likely N-dealkylation sites (N-methyl/N-ethyl adjacent to an activating group) is 1. The van der Waals surface area contributed by atoms with E-state index in [0.29, 0.717) is 19.4 Å². The van der Waals surface area contributed by atoms with Crippen molar-refractivity contribution in [3.8, 4) is 0 Å². The quantitative estimate of drug-likeness (QED) is 0.875. The van der Waals surface area contributed by atoms with Gasteiger partial charge >= 0.3 is 0 Å². The van der Waals surface area contributed by atoms with E-state index in [0.717, 1.165) is 44.8 Å². The largest absolute Gasteiger partial charge is 0.391 e. The van der Waals surface area contributed by atoms with Gasteiger partial charge in [-0.1, -0.05) is 19.1 Å². The van der Waals surface area contributed by atoms with Crippen LogP contribution in [0.5, 0.6) is 0 Å². The lowest BCUT2D eigenvalue weighted by atomic mass is 10.0. The smallest absolute Gasteiger partial charge is 0.224 e. The minimum atomic E-state index is -0.537. The first kappa shape index (κ1) is 18.3. The highest BCUT2D eigenvalue weighted by Gasteiger charge is 2.35. The van der Waals surface area contributed by atoms with Crippen LogP contribution in [-0.4, -0.2) is 77.6 Å². The van der Waals surface area contributed by atoms with E-state index in [-0.39, 0.29) is 17.8 Å². The van der Waals surface area contributed by atoms with Crippen molar-refractivity contribution in [3.05, 3.63) is 35.6 Å². The SMILES string of the molecule is CCN1CCN(CCC(=O)N2C[C@@H](O)C[C@@H]2c2cccc(F)c2)CC1. The average Bonchev–Trinajstić information content (AvgIpc) is 3.02. The lowest BCUT2D eigenvalue weighted by Crippen LogP contribution is -2.47. The van der Waals surface area contributed by atoms with Gasteiger partial charge < -0.3 is 19.8 Å². The van der Waals surface area contributed by atoms with Crippen molar-refractivity contribution in [1.82, 2.24) is 14.7 Å². The number of rotatable bonds is 5. The Kier molecular flexibility index (Phi) is 6.04. The zero-order valence-corrected chi connectivity index (χ0v) is 14.9. The molecule has 0 saturated carbocycles. The minimum absolute atomic E-state index is 0.0451. The molecular formula is C19H28FN3O2. The number of amides is 1. The average molecular weight is 349 g/mol. The first-order valence-corrected chi connectivity index (χ1v) is 9.24. The fraction of sp³-hybridized carbons (Fsp3) is 0.632. The second-order valence-electron chi connectivity index (χ2n) is 7.03. The Bertz CT molecular complexity index is 590. The molecule has 1 amide bonds. The third kappa shape index (κ3) is 4.57. The molecule has 2 saturated heterocycles. The Morgan fingerprint density at radius 1 is 1.24 bits per heavy atom. The van der Waals surface area contributed by atoms with Gasteiger partial charge in [0.25, 0.3) is 0 Å². The number of carbonyl (C=O) groups is 1. The number of benzene rings is 1. The molecule has 138 valence electrons. The number of aliphatic hydroxyl groups is 1. The molecule has 0 spiro atoms. The molecule has 2 heterocycles. The van der Waals surface area contributed by atoms with Gasteiger partial charge in [0.15, 0.2) is 0 Å². The molecule has 2 aliphatic rings. The van der Waals surface area contributed by atoms with Crippen molar-refractivity contribution in [2.75, 3.05) is 45.8 Å². The van der Waals surface area contributed by atoms with Gasteiger partial charge in [0.2, 0.25) is 5.91 Å². The Morgan fingerprint density at radius 3 is 2.64 bits per heavy atom. The van der Waals surface area contributed by atoms with Crippen molar-refractivity contribution in [2.24, 2.45) is 0 Å². The Morgan fingerprint density at radius 2 is 1.96 bits per heavy atom. The Labute approximate surface area is 149 Å². The summed E-state index contributed by atoms with van der Waals surface area (Å²) in [7, 11) is 0. The maximum atomic E-state index is 13.5. The highest BCUT2D eigenvalue weighted by atomic mass is 19.1. The van der Waals surface area contributed by atoms with Gasteiger partial charge in [-0.2, -0.15) is 0 Å². The summed E-state index contributed by atoms with van der Waals surface area (Å²) < 4.78 is 13.5. The molecular weight excluding hydrogens is 321 g/mol. The van der Waals surface area contributed by atoms with Gasteiger partial charge in [-0.25, -0.2) is 4.39 Å². The van der Waals surface area contributed by atoms with Gasteiger partial charge in [-0.15, -0.1) is 0 Å². The summed E-state index contributed by atoms with van der Waals surface area (Å²) in [4.78, 5) is 19.2. The Balaban J connectivity index is 1.57. The zero-order valence-electron chi connectivity index (χ0n) is 14.9. The maximum absolute atomic E-state index is 13.5. The topological polar surface area (TPSA) is 47.0 Å². The van der Waals surface area contributed by atoms with Crippen LogP contribution >= 0.6 is 0 Å². The van der Waals surface area contributed by atoms with Crippen LogP contribution in [0.2, 0.25) is 0 Å². The number of carbonyl (C=O) groups excluding carboxylic acids is 1. The van der Waals surface area contributed by atoms with E-state index >= 15 is 0 Å². The fourth-order valence-electron chi connectivity index (χ4n) is 3.85. The van der Waals surface area contributed by atoms with Crippen LogP contribution in [0.25, 0.3) is 0 Å². The van der Waals surface area contributed by atoms with Crippen molar-refractivity contribution in [2.45, 2.75) is 31.9 Å². The van der Waals surface area contributed by atoms with E-state index in [4.69, 9.17) is 0 Å². The summed E-state index contributed by atoms with van der Waals surface area (Å²) >= 11 is 0. The number of β-amino-alcohol motifs (C(OH)–C–C–N with tert-alkyl or cyclic N) is 1. The Hall–Kier alpha value is -1.50. The summed E-state index contributed by atoms with van der Waals surface area (Å²) in [6, 6.07) is 6.13. The van der Waals surface area contributed by atoms with Gasteiger partial charge in [-0.3, -0.25) is 4.79 Å². The molecule has 0 aromatic heterocycles. The molecule has 2 fully saturated rings. The molecule has 1 aromatic carbocycles. The van der Waals surface area contributed by atoms with E-state index in [1.54, 1.807) is 11.0 Å². The van der Waals surface area contributed by atoms with Gasteiger partial charge in [-0.05, 0) is 30.7 Å². The third-order valence-corrected chi connectivity index (χ3v) is 5.39. The lowest BCUT2D eigenvalue weighted by Gasteiger charge is -2.34. The predicted octanol–water partition coefficient (Wildman–Crippen LogP) is 1.49. The van der Waals surface area contributed by atoms with Gasteiger partial charge in [0.1, 0.15) is 5.82 Å². The van der Waals surface area contributed by atoms with E-state index in [2.05, 4.69) is 16.7 Å². The molecule has 2 atom stereocenters. The summed E-state index contributed by atoms with van der Waals surface area (Å²) in [5.41, 5.74) is 0.765. The van der Waals surface area contributed by atoms with Gasteiger partial charge in [0, 0.05) is 45.7 Å². The molecule has 6 heteroatoms. The summed E-state index contributed by atoms with van der Waals surface area (Å²) in [5, 5.41) is 10.0. The predicted molar refractivity (Wildman–Crippen MR) is 94.6 cm³/mol. The molecule has 0 unspecified atom stereocenters. The van der Waals surface area contributed by atoms with Crippen LogP contribution < -0.4 is 0 Å². The molecule has 1 N–H and O–H groups in total. The zero-order chi connectivity index (χ0) is 17.8. The first-order chi connectivity index (χ1) is 12.1. The number of hydrogen-bond acceptors (Lipinski definition) is 4. The fourth-order valence-corrected chi connectivity index (χ4v) is 3.85. The van der Waals surface area contributed by atoms with E-state index < -0.39 is 6.10 Å². The van der Waals surface area contributed by atoms with Gasteiger partial charge in [0.05, 0.1) is 12.1 Å². The third-order valence-electron chi connectivity index (χ3n) is 5.39. The van der Waals surface area contributed by atoms with Crippen molar-refractivity contribution in [1.29, 1.82) is 0 Å². The van der Waals surface area contributed by atoms with Crippen molar-refractivity contribution < 1.29 is 14.3 Å². The summed E-state index contributed by atoms with van der Waals surface area (Å²) in [5.74, 6) is -0.260. The molecule has 2 aliphatic heterocycles. The van der Waals surface area contributed by atoms with Crippen LogP contribution in [0.3, 0.4) is 0 Å².